The van der Waals surface area contributed by atoms with E-state index >= 15 is 0 Å². The van der Waals surface area contributed by atoms with E-state index < -0.39 is 0 Å². The first-order valence-electron chi connectivity index (χ1n) is 6.41. The molecule has 0 radical (unpaired) electrons. The molecule has 18 heavy (non-hydrogen) atoms. The highest BCUT2D eigenvalue weighted by Crippen LogP contribution is 2.06. The lowest BCUT2D eigenvalue weighted by Crippen LogP contribution is -2.55. The van der Waals surface area contributed by atoms with E-state index in [4.69, 9.17) is 0 Å². The number of hydrogen-bond acceptors (Lipinski definition) is 3. The highest BCUT2D eigenvalue weighted by molar-refractivity contribution is 5.82. The van der Waals surface area contributed by atoms with Gasteiger partial charge in [0, 0.05) is 26.2 Å². The molecule has 98 valence electrons. The maximum atomic E-state index is 12.0. The second-order valence-electron chi connectivity index (χ2n) is 4.91. The van der Waals surface area contributed by atoms with Crippen molar-refractivity contribution in [2.75, 3.05) is 26.7 Å². The molecular formula is C14H21N3O. The molecule has 0 bridgehead atoms. The molecule has 1 heterocycles. The van der Waals surface area contributed by atoms with Crippen molar-refractivity contribution in [2.24, 2.45) is 0 Å². The molecule has 0 aliphatic carbocycles. The highest BCUT2D eigenvalue weighted by Gasteiger charge is 2.22. The first-order chi connectivity index (χ1) is 8.66. The predicted octanol–water partition coefficient (Wildman–Crippen LogP) is 0.515. The number of carbonyl (C=O) groups excluding carboxylic acids is 1. The number of nitrogens with zero attached hydrogens (tertiary/aromatic N) is 1. The Morgan fingerprint density at radius 3 is 3.00 bits per heavy atom. The van der Waals surface area contributed by atoms with Crippen LogP contribution in [0.1, 0.15) is 11.1 Å². The fourth-order valence-corrected chi connectivity index (χ4v) is 2.19. The van der Waals surface area contributed by atoms with Crippen LogP contribution in [0.4, 0.5) is 0 Å². The fourth-order valence-electron chi connectivity index (χ4n) is 2.19. The molecule has 1 amide bonds. The van der Waals surface area contributed by atoms with Gasteiger partial charge in [0.05, 0.1) is 6.04 Å². The summed E-state index contributed by atoms with van der Waals surface area (Å²) in [6.45, 7) is 5.32. The lowest BCUT2D eigenvalue weighted by atomic mass is 10.1. The molecule has 4 nitrogen and oxygen atoms in total. The Hall–Kier alpha value is -1.39. The molecule has 1 aliphatic heterocycles. The Morgan fingerprint density at radius 2 is 2.28 bits per heavy atom. The summed E-state index contributed by atoms with van der Waals surface area (Å²) in [5, 5.41) is 6.25. The fraction of sp³-hybridized carbons (Fsp3) is 0.500. The van der Waals surface area contributed by atoms with Crippen LogP contribution in [0.2, 0.25) is 0 Å². The zero-order chi connectivity index (χ0) is 13.0. The number of carbonyl (C=O) groups is 1. The number of piperazine rings is 1. The third-order valence-electron chi connectivity index (χ3n) is 3.41. The standard InChI is InChI=1S/C14H21N3O/c1-11-5-3-4-6-12(11)9-16-14(18)13-10-17(2)8-7-15-13/h3-6,13,15H,7-10H2,1-2H3,(H,16,18). The molecule has 1 saturated heterocycles. The van der Waals surface area contributed by atoms with Crippen molar-refractivity contribution in [3.8, 4) is 0 Å². The molecule has 1 fully saturated rings. The van der Waals surface area contributed by atoms with Crippen LogP contribution in [-0.2, 0) is 11.3 Å². The Balaban J connectivity index is 1.86. The average molecular weight is 247 g/mol. The molecular weight excluding hydrogens is 226 g/mol. The summed E-state index contributed by atoms with van der Waals surface area (Å²) in [6.07, 6.45) is 0. The molecule has 1 unspecified atom stereocenters. The summed E-state index contributed by atoms with van der Waals surface area (Å²) >= 11 is 0. The van der Waals surface area contributed by atoms with Gasteiger partial charge in [-0.15, -0.1) is 0 Å². The molecule has 1 aliphatic rings. The van der Waals surface area contributed by atoms with Gasteiger partial charge in [-0.3, -0.25) is 4.79 Å². The van der Waals surface area contributed by atoms with Crippen LogP contribution in [0, 0.1) is 6.92 Å². The van der Waals surface area contributed by atoms with Crippen molar-refractivity contribution < 1.29 is 4.79 Å². The van der Waals surface area contributed by atoms with Gasteiger partial charge in [-0.05, 0) is 25.1 Å². The molecule has 1 atom stereocenters. The molecule has 0 saturated carbocycles. The second kappa shape index (κ2) is 5.98. The van der Waals surface area contributed by atoms with E-state index in [9.17, 15) is 4.79 Å². The van der Waals surface area contributed by atoms with Gasteiger partial charge in [-0.2, -0.15) is 0 Å². The van der Waals surface area contributed by atoms with E-state index in [1.54, 1.807) is 0 Å². The lowest BCUT2D eigenvalue weighted by Gasteiger charge is -2.30. The van der Waals surface area contributed by atoms with E-state index in [1.807, 2.05) is 19.2 Å². The van der Waals surface area contributed by atoms with Gasteiger partial charge in [0.25, 0.3) is 0 Å². The van der Waals surface area contributed by atoms with Crippen molar-refractivity contribution in [3.63, 3.8) is 0 Å². The number of amides is 1. The third-order valence-corrected chi connectivity index (χ3v) is 3.41. The summed E-state index contributed by atoms with van der Waals surface area (Å²) in [4.78, 5) is 14.2. The Kier molecular flexibility index (Phi) is 4.33. The van der Waals surface area contributed by atoms with Gasteiger partial charge in [-0.25, -0.2) is 0 Å². The zero-order valence-electron chi connectivity index (χ0n) is 11.1. The largest absolute Gasteiger partial charge is 0.351 e. The molecule has 0 aromatic heterocycles. The number of hydrogen-bond donors (Lipinski definition) is 2. The second-order valence-corrected chi connectivity index (χ2v) is 4.91. The van der Waals surface area contributed by atoms with Crippen molar-refractivity contribution in [2.45, 2.75) is 19.5 Å². The van der Waals surface area contributed by atoms with E-state index in [2.05, 4.69) is 34.6 Å². The lowest BCUT2D eigenvalue weighted by molar-refractivity contribution is -0.124. The topological polar surface area (TPSA) is 44.4 Å². The van der Waals surface area contributed by atoms with Gasteiger partial charge in [0.1, 0.15) is 0 Å². The molecule has 1 aromatic rings. The van der Waals surface area contributed by atoms with Crippen LogP contribution in [0.5, 0.6) is 0 Å². The normalized spacial score (nSPS) is 20.7. The summed E-state index contributed by atoms with van der Waals surface area (Å²) in [7, 11) is 2.04. The van der Waals surface area contributed by atoms with E-state index in [1.165, 1.54) is 11.1 Å². The number of likely N-dealkylation sites (N-methyl/N-ethyl adjacent to an activating group) is 1. The zero-order valence-corrected chi connectivity index (χ0v) is 11.1. The molecule has 1 aromatic carbocycles. The summed E-state index contributed by atoms with van der Waals surface area (Å²) in [6, 6.07) is 8.04. The average Bonchev–Trinajstić information content (AvgIpc) is 2.37. The molecule has 0 spiro atoms. The number of benzene rings is 1. The maximum absolute atomic E-state index is 12.0. The van der Waals surface area contributed by atoms with E-state index in [-0.39, 0.29) is 11.9 Å². The first kappa shape index (κ1) is 13.1. The van der Waals surface area contributed by atoms with Gasteiger partial charge in [0.15, 0.2) is 0 Å². The summed E-state index contributed by atoms with van der Waals surface area (Å²) < 4.78 is 0. The van der Waals surface area contributed by atoms with Crippen molar-refractivity contribution in [1.29, 1.82) is 0 Å². The highest BCUT2D eigenvalue weighted by atomic mass is 16.2. The maximum Gasteiger partial charge on any atom is 0.238 e. The van der Waals surface area contributed by atoms with Crippen LogP contribution in [0.15, 0.2) is 24.3 Å². The number of aryl methyl sites for hydroxylation is 1. The third kappa shape index (κ3) is 3.31. The van der Waals surface area contributed by atoms with Gasteiger partial charge in [-0.1, -0.05) is 24.3 Å². The van der Waals surface area contributed by atoms with Gasteiger partial charge >= 0.3 is 0 Å². The molecule has 4 heteroatoms. The smallest absolute Gasteiger partial charge is 0.238 e. The van der Waals surface area contributed by atoms with Crippen molar-refractivity contribution in [1.82, 2.24) is 15.5 Å². The summed E-state index contributed by atoms with van der Waals surface area (Å²) in [5.74, 6) is 0.0878. The monoisotopic (exact) mass is 247 g/mol. The van der Waals surface area contributed by atoms with E-state index in [0.717, 1.165) is 19.6 Å². The minimum absolute atomic E-state index is 0.0878. The SMILES string of the molecule is Cc1ccccc1CNC(=O)C1CN(C)CCN1. The van der Waals surface area contributed by atoms with Crippen LogP contribution < -0.4 is 10.6 Å². The Bertz CT molecular complexity index is 419. The van der Waals surface area contributed by atoms with Gasteiger partial charge < -0.3 is 15.5 Å². The number of nitrogens with one attached hydrogen (secondary N) is 2. The predicted molar refractivity (Wildman–Crippen MR) is 72.3 cm³/mol. The van der Waals surface area contributed by atoms with Crippen molar-refractivity contribution in [3.05, 3.63) is 35.4 Å². The minimum Gasteiger partial charge on any atom is -0.351 e. The first-order valence-corrected chi connectivity index (χ1v) is 6.41. The quantitative estimate of drug-likeness (QED) is 0.818. The van der Waals surface area contributed by atoms with Crippen LogP contribution >= 0.6 is 0 Å². The van der Waals surface area contributed by atoms with Crippen LogP contribution in [-0.4, -0.2) is 43.5 Å². The van der Waals surface area contributed by atoms with Crippen LogP contribution in [0.25, 0.3) is 0 Å². The molecule has 2 N–H and O–H groups in total. The van der Waals surface area contributed by atoms with Crippen LogP contribution in [0.3, 0.4) is 0 Å². The van der Waals surface area contributed by atoms with Gasteiger partial charge in [0.2, 0.25) is 5.91 Å². The van der Waals surface area contributed by atoms with Crippen molar-refractivity contribution >= 4 is 5.91 Å². The Morgan fingerprint density at radius 1 is 1.50 bits per heavy atom. The Labute approximate surface area is 108 Å². The summed E-state index contributed by atoms with van der Waals surface area (Å²) in [5.41, 5.74) is 2.39. The number of rotatable bonds is 3. The van der Waals surface area contributed by atoms with E-state index in [0.29, 0.717) is 6.54 Å². The minimum atomic E-state index is -0.0900. The molecule has 2 rings (SSSR count).